The zero-order valence-electron chi connectivity index (χ0n) is 15.9. The third-order valence-corrected chi connectivity index (χ3v) is 8.41. The van der Waals surface area contributed by atoms with Crippen molar-refractivity contribution in [3.05, 3.63) is 78.7 Å². The Kier molecular flexibility index (Phi) is 5.10. The van der Waals surface area contributed by atoms with Crippen molar-refractivity contribution in [3.63, 3.8) is 0 Å². The average Bonchev–Trinajstić information content (AvgIpc) is 3.23. The lowest BCUT2D eigenvalue weighted by Crippen LogP contribution is -2.32. The molecule has 0 bridgehead atoms. The van der Waals surface area contributed by atoms with Crippen molar-refractivity contribution in [2.24, 2.45) is 5.92 Å². The van der Waals surface area contributed by atoms with Crippen LogP contribution in [0.15, 0.2) is 62.8 Å². The highest BCUT2D eigenvalue weighted by Gasteiger charge is 2.56. The molecule has 0 radical (unpaired) electrons. The van der Waals surface area contributed by atoms with Crippen molar-refractivity contribution in [1.29, 1.82) is 0 Å². The molecular formula is C21H12BrF3N2O3S2. The molecule has 3 aromatic rings. The first kappa shape index (κ1) is 21.5. The number of carbonyl (C=O) groups excluding carboxylic acids is 2. The molecule has 0 aliphatic carbocycles. The van der Waals surface area contributed by atoms with Crippen LogP contribution in [0.5, 0.6) is 0 Å². The summed E-state index contributed by atoms with van der Waals surface area (Å²) in [5, 5.41) is -0.343. The molecule has 164 valence electrons. The number of carbonyl (C=O) groups is 2. The summed E-state index contributed by atoms with van der Waals surface area (Å²) in [6, 6.07) is 11.4. The first-order valence-corrected chi connectivity index (χ1v) is 11.8. The van der Waals surface area contributed by atoms with Gasteiger partial charge in [-0.3, -0.25) is 14.4 Å². The summed E-state index contributed by atoms with van der Waals surface area (Å²) < 4.78 is 40.4. The summed E-state index contributed by atoms with van der Waals surface area (Å²) in [6.45, 7) is 0. The van der Waals surface area contributed by atoms with E-state index in [1.807, 2.05) is 0 Å². The molecule has 0 spiro atoms. The van der Waals surface area contributed by atoms with Gasteiger partial charge in [-0.15, -0.1) is 0 Å². The number of fused-ring (bicyclic) bond motifs is 2. The largest absolute Gasteiger partial charge is 0.416 e. The van der Waals surface area contributed by atoms with Crippen LogP contribution in [0.2, 0.25) is 0 Å². The van der Waals surface area contributed by atoms with Crippen LogP contribution in [0.4, 0.5) is 18.9 Å². The number of aromatic nitrogens is 1. The highest BCUT2D eigenvalue weighted by molar-refractivity contribution is 9.10. The van der Waals surface area contributed by atoms with Crippen LogP contribution in [0.3, 0.4) is 0 Å². The number of nitrogens with one attached hydrogen (secondary N) is 1. The Morgan fingerprint density at radius 2 is 1.72 bits per heavy atom. The molecule has 2 amide bonds. The van der Waals surface area contributed by atoms with Crippen LogP contribution in [0.1, 0.15) is 21.9 Å². The van der Waals surface area contributed by atoms with Crippen molar-refractivity contribution in [2.75, 3.05) is 4.90 Å². The number of amides is 2. The van der Waals surface area contributed by atoms with E-state index in [-0.39, 0.29) is 10.6 Å². The molecule has 0 saturated carbocycles. The van der Waals surface area contributed by atoms with Crippen LogP contribution in [0, 0.1) is 5.92 Å². The third-order valence-electron chi connectivity index (χ3n) is 5.48. The SMILES string of the molecule is O=C1C2Sc3[nH]c(=O)sc3C(c3ccc(Br)cc3)C2C(=O)N1c1cccc(C(F)(F)F)c1. The highest BCUT2D eigenvalue weighted by atomic mass is 79.9. The zero-order valence-corrected chi connectivity index (χ0v) is 19.1. The minimum Gasteiger partial charge on any atom is -0.307 e. The number of anilines is 1. The first-order valence-electron chi connectivity index (χ1n) is 9.35. The molecule has 5 rings (SSSR count). The van der Waals surface area contributed by atoms with Crippen LogP contribution in [0.25, 0.3) is 0 Å². The lowest BCUT2D eigenvalue weighted by Gasteiger charge is -2.29. The molecule has 2 aliphatic heterocycles. The lowest BCUT2D eigenvalue weighted by atomic mass is 9.83. The van der Waals surface area contributed by atoms with E-state index in [0.717, 1.165) is 50.2 Å². The third kappa shape index (κ3) is 3.43. The molecule has 32 heavy (non-hydrogen) atoms. The van der Waals surface area contributed by atoms with E-state index in [1.54, 1.807) is 24.3 Å². The highest BCUT2D eigenvalue weighted by Crippen LogP contribution is 2.53. The second-order valence-electron chi connectivity index (χ2n) is 7.36. The maximum absolute atomic E-state index is 13.5. The molecule has 1 aromatic heterocycles. The molecule has 2 aliphatic rings. The summed E-state index contributed by atoms with van der Waals surface area (Å²) in [5.41, 5.74) is -0.311. The van der Waals surface area contributed by atoms with Gasteiger partial charge in [-0.1, -0.05) is 57.2 Å². The van der Waals surface area contributed by atoms with Gasteiger partial charge in [0.25, 0.3) is 0 Å². The predicted octanol–water partition coefficient (Wildman–Crippen LogP) is 5.01. The number of hydrogen-bond acceptors (Lipinski definition) is 5. The Balaban J connectivity index is 1.62. The second-order valence-corrected chi connectivity index (χ2v) is 10.4. The van der Waals surface area contributed by atoms with E-state index in [2.05, 4.69) is 20.9 Å². The van der Waals surface area contributed by atoms with Crippen molar-refractivity contribution >= 4 is 56.5 Å². The van der Waals surface area contributed by atoms with Crippen LogP contribution in [-0.2, 0) is 15.8 Å². The fourth-order valence-electron chi connectivity index (χ4n) is 4.12. The Morgan fingerprint density at radius 3 is 2.41 bits per heavy atom. The maximum atomic E-state index is 13.5. The van der Waals surface area contributed by atoms with E-state index < -0.39 is 40.6 Å². The fraction of sp³-hybridized carbons (Fsp3) is 0.190. The second kappa shape index (κ2) is 7.60. The monoisotopic (exact) mass is 540 g/mol. The molecule has 3 unspecified atom stereocenters. The number of hydrogen-bond donors (Lipinski definition) is 1. The van der Waals surface area contributed by atoms with Crippen molar-refractivity contribution in [1.82, 2.24) is 4.98 Å². The van der Waals surface area contributed by atoms with Gasteiger partial charge < -0.3 is 4.98 Å². The van der Waals surface area contributed by atoms with Gasteiger partial charge in [-0.05, 0) is 35.9 Å². The van der Waals surface area contributed by atoms with Gasteiger partial charge in [0.05, 0.1) is 22.2 Å². The van der Waals surface area contributed by atoms with Gasteiger partial charge in [-0.25, -0.2) is 4.90 Å². The Morgan fingerprint density at radius 1 is 1.00 bits per heavy atom. The summed E-state index contributed by atoms with van der Waals surface area (Å²) in [5.74, 6) is -2.59. The number of alkyl halides is 3. The number of nitrogens with zero attached hydrogens (tertiary/aromatic N) is 1. The molecule has 11 heteroatoms. The van der Waals surface area contributed by atoms with Crippen LogP contribution < -0.4 is 9.77 Å². The standard InChI is InChI=1S/C21H12BrF3N2O3S2/c22-11-6-4-9(5-7-11)13-14-16(31-17-15(13)32-20(30)26-17)19(29)27(18(14)28)12-3-1-2-10(8-12)21(23,24)25/h1-8,13-14,16H,(H,26,30). The number of imide groups is 1. The van der Waals surface area contributed by atoms with Gasteiger partial charge >= 0.3 is 11.0 Å². The van der Waals surface area contributed by atoms with E-state index in [4.69, 9.17) is 0 Å². The van der Waals surface area contributed by atoms with E-state index >= 15 is 0 Å². The van der Waals surface area contributed by atoms with Gasteiger partial charge in [-0.2, -0.15) is 13.2 Å². The molecule has 1 N–H and O–H groups in total. The molecule has 2 aromatic carbocycles. The van der Waals surface area contributed by atoms with Gasteiger partial charge in [0.1, 0.15) is 5.25 Å². The lowest BCUT2D eigenvalue weighted by molar-refractivity contribution is -0.137. The number of benzene rings is 2. The molecule has 3 atom stereocenters. The van der Waals surface area contributed by atoms with Gasteiger partial charge in [0.2, 0.25) is 11.8 Å². The smallest absolute Gasteiger partial charge is 0.307 e. The van der Waals surface area contributed by atoms with E-state index in [1.165, 1.54) is 12.1 Å². The number of thiazole rings is 1. The summed E-state index contributed by atoms with van der Waals surface area (Å²) in [6.07, 6.45) is -4.60. The number of halogens is 4. The van der Waals surface area contributed by atoms with E-state index in [0.29, 0.717) is 9.90 Å². The van der Waals surface area contributed by atoms with Crippen molar-refractivity contribution in [3.8, 4) is 0 Å². The van der Waals surface area contributed by atoms with Crippen molar-refractivity contribution < 1.29 is 22.8 Å². The Bertz CT molecular complexity index is 1300. The Labute approximate surface area is 195 Å². The first-order chi connectivity index (χ1) is 15.1. The number of thioether (sulfide) groups is 1. The average molecular weight is 541 g/mol. The maximum Gasteiger partial charge on any atom is 0.416 e. The molecule has 1 saturated heterocycles. The zero-order chi connectivity index (χ0) is 22.8. The quantitative estimate of drug-likeness (QED) is 0.463. The number of rotatable bonds is 2. The normalized spacial score (nSPS) is 22.8. The van der Waals surface area contributed by atoms with Gasteiger partial charge in [0.15, 0.2) is 0 Å². The molecule has 3 heterocycles. The van der Waals surface area contributed by atoms with Crippen LogP contribution >= 0.6 is 39.0 Å². The Hall–Kier alpha value is -2.37. The van der Waals surface area contributed by atoms with E-state index in [9.17, 15) is 27.6 Å². The van der Waals surface area contributed by atoms with Crippen LogP contribution in [-0.4, -0.2) is 22.0 Å². The number of H-pyrrole nitrogens is 1. The summed E-state index contributed by atoms with van der Waals surface area (Å²) in [4.78, 5) is 42.7. The minimum absolute atomic E-state index is 0.115. The topological polar surface area (TPSA) is 70.2 Å². The minimum atomic E-state index is -4.60. The van der Waals surface area contributed by atoms with Gasteiger partial charge in [0, 0.05) is 15.3 Å². The summed E-state index contributed by atoms with van der Waals surface area (Å²) >= 11 is 5.43. The summed E-state index contributed by atoms with van der Waals surface area (Å²) in [7, 11) is 0. The predicted molar refractivity (Wildman–Crippen MR) is 118 cm³/mol. The molecule has 5 nitrogen and oxygen atoms in total. The van der Waals surface area contributed by atoms with Crippen molar-refractivity contribution in [2.45, 2.75) is 22.4 Å². The molecule has 1 fully saturated rings. The number of aromatic amines is 1. The molecular weight excluding hydrogens is 529 g/mol. The fourth-order valence-corrected chi connectivity index (χ4v) is 6.90.